The highest BCUT2D eigenvalue weighted by Crippen LogP contribution is 2.32. The van der Waals surface area contributed by atoms with Gasteiger partial charge < -0.3 is 21.1 Å². The van der Waals surface area contributed by atoms with Crippen LogP contribution in [0.25, 0.3) is 0 Å². The van der Waals surface area contributed by atoms with Gasteiger partial charge in [0.05, 0.1) is 24.0 Å². The highest BCUT2D eigenvalue weighted by atomic mass is 35.5. The largest absolute Gasteiger partial charge is 0.494 e. The SMILES string of the molecule is CNC(=O)c1nnc(Cl)cc1Nc1cccc(C(N)=NC=N)c1OC. The third kappa shape index (κ3) is 4.01. The fraction of sp³-hybridized carbons (Fsp3) is 0.133. The first-order valence-electron chi connectivity index (χ1n) is 7.03. The van der Waals surface area contributed by atoms with E-state index in [4.69, 9.17) is 27.5 Å². The molecule has 0 aliphatic carbocycles. The van der Waals surface area contributed by atoms with Crippen LogP contribution in [0.5, 0.6) is 5.75 Å². The van der Waals surface area contributed by atoms with E-state index in [0.717, 1.165) is 6.34 Å². The standard InChI is InChI=1S/C15H16ClN7O2/c1-19-15(24)12-10(6-11(16)22-23-12)21-9-5-3-4-8(13(9)25-2)14(18)20-7-17/h3-7H,1-2H3,(H,19,24)(H,21,22)(H3,17,18,20). The lowest BCUT2D eigenvalue weighted by Crippen LogP contribution is -2.21. The van der Waals surface area contributed by atoms with Gasteiger partial charge in [0.25, 0.3) is 5.91 Å². The minimum Gasteiger partial charge on any atom is -0.494 e. The molecule has 0 saturated heterocycles. The zero-order valence-corrected chi connectivity index (χ0v) is 14.3. The van der Waals surface area contributed by atoms with E-state index in [1.54, 1.807) is 18.2 Å². The summed E-state index contributed by atoms with van der Waals surface area (Å²) in [5, 5.41) is 20.2. The van der Waals surface area contributed by atoms with Crippen LogP contribution in [-0.4, -0.2) is 42.4 Å². The number of rotatable bonds is 6. The zero-order chi connectivity index (χ0) is 18.4. The van der Waals surface area contributed by atoms with Crippen molar-refractivity contribution in [3.63, 3.8) is 0 Å². The van der Waals surface area contributed by atoms with Crippen LogP contribution in [0, 0.1) is 5.41 Å². The molecular weight excluding hydrogens is 346 g/mol. The van der Waals surface area contributed by atoms with Crippen LogP contribution in [0.2, 0.25) is 5.15 Å². The predicted molar refractivity (Wildman–Crippen MR) is 96.2 cm³/mol. The third-order valence-corrected chi connectivity index (χ3v) is 3.36. The van der Waals surface area contributed by atoms with Gasteiger partial charge in [0.2, 0.25) is 0 Å². The maximum atomic E-state index is 12.0. The highest BCUT2D eigenvalue weighted by molar-refractivity contribution is 6.29. The molecule has 2 rings (SSSR count). The number of halogens is 1. The minimum atomic E-state index is -0.424. The molecule has 0 spiro atoms. The van der Waals surface area contributed by atoms with E-state index in [1.807, 2.05) is 0 Å². The van der Waals surface area contributed by atoms with Crippen LogP contribution in [-0.2, 0) is 0 Å². The number of aromatic nitrogens is 2. The number of hydrogen-bond donors (Lipinski definition) is 4. The summed E-state index contributed by atoms with van der Waals surface area (Å²) in [6.07, 6.45) is 0.838. The summed E-state index contributed by atoms with van der Waals surface area (Å²) < 4.78 is 5.41. The van der Waals surface area contributed by atoms with Gasteiger partial charge in [-0.1, -0.05) is 17.7 Å². The molecule has 0 aliphatic heterocycles. The van der Waals surface area contributed by atoms with Gasteiger partial charge >= 0.3 is 0 Å². The molecule has 2 aromatic rings. The van der Waals surface area contributed by atoms with Gasteiger partial charge in [0, 0.05) is 13.1 Å². The number of nitrogens with two attached hydrogens (primary N) is 1. The van der Waals surface area contributed by atoms with Crippen LogP contribution in [0.1, 0.15) is 16.1 Å². The number of benzene rings is 1. The van der Waals surface area contributed by atoms with E-state index in [-0.39, 0.29) is 16.7 Å². The summed E-state index contributed by atoms with van der Waals surface area (Å²) in [6.45, 7) is 0. The average molecular weight is 362 g/mol. The van der Waals surface area contributed by atoms with Crippen molar-refractivity contribution in [2.45, 2.75) is 0 Å². The first kappa shape index (κ1) is 18.1. The van der Waals surface area contributed by atoms with E-state index in [1.165, 1.54) is 20.2 Å². The molecule has 9 nitrogen and oxygen atoms in total. The van der Waals surface area contributed by atoms with Crippen molar-refractivity contribution < 1.29 is 9.53 Å². The highest BCUT2D eigenvalue weighted by Gasteiger charge is 2.17. The molecule has 0 atom stereocenters. The molecule has 0 saturated carbocycles. The first-order valence-corrected chi connectivity index (χ1v) is 7.41. The van der Waals surface area contributed by atoms with Crippen molar-refractivity contribution in [1.29, 1.82) is 5.41 Å². The molecule has 0 unspecified atom stereocenters. The molecule has 0 radical (unpaired) electrons. The van der Waals surface area contributed by atoms with Gasteiger partial charge in [0.15, 0.2) is 16.6 Å². The number of carbonyl (C=O) groups is 1. The second-order valence-electron chi connectivity index (χ2n) is 4.66. The Labute approximate surface area is 148 Å². The monoisotopic (exact) mass is 361 g/mol. The summed E-state index contributed by atoms with van der Waals surface area (Å²) in [5.74, 6) is 0.0842. The van der Waals surface area contributed by atoms with Gasteiger partial charge in [-0.2, -0.15) is 0 Å². The van der Waals surface area contributed by atoms with Gasteiger partial charge in [-0.3, -0.25) is 10.2 Å². The molecule has 0 aliphatic rings. The molecule has 1 amide bonds. The van der Waals surface area contributed by atoms with Gasteiger partial charge in [-0.15, -0.1) is 10.2 Å². The molecule has 130 valence electrons. The number of amidine groups is 1. The summed E-state index contributed by atoms with van der Waals surface area (Å²) in [6, 6.07) is 6.62. The Morgan fingerprint density at radius 3 is 2.80 bits per heavy atom. The maximum absolute atomic E-state index is 12.0. The normalized spacial score (nSPS) is 10.9. The molecule has 1 aromatic carbocycles. The summed E-state index contributed by atoms with van der Waals surface area (Å²) in [7, 11) is 2.96. The third-order valence-electron chi connectivity index (χ3n) is 3.17. The Bertz CT molecular complexity index is 839. The van der Waals surface area contributed by atoms with Gasteiger partial charge in [-0.25, -0.2) is 4.99 Å². The molecular formula is C15H16ClN7O2. The Morgan fingerprint density at radius 2 is 2.16 bits per heavy atom. The number of ether oxygens (including phenoxy) is 1. The molecule has 1 aromatic heterocycles. The van der Waals surface area contributed by atoms with E-state index >= 15 is 0 Å². The smallest absolute Gasteiger partial charge is 0.273 e. The lowest BCUT2D eigenvalue weighted by atomic mass is 10.1. The van der Waals surface area contributed by atoms with Crippen LogP contribution in [0.15, 0.2) is 29.3 Å². The zero-order valence-electron chi connectivity index (χ0n) is 13.5. The quantitative estimate of drug-likeness (QED) is 0.455. The molecule has 5 N–H and O–H groups in total. The van der Waals surface area contributed by atoms with Gasteiger partial charge in [-0.05, 0) is 12.1 Å². The average Bonchev–Trinajstić information content (AvgIpc) is 2.61. The van der Waals surface area contributed by atoms with Gasteiger partial charge in [0.1, 0.15) is 12.2 Å². The molecule has 1 heterocycles. The molecule has 0 bridgehead atoms. The van der Waals surface area contributed by atoms with Crippen molar-refractivity contribution in [1.82, 2.24) is 15.5 Å². The lowest BCUT2D eigenvalue weighted by molar-refractivity contribution is 0.0958. The van der Waals surface area contributed by atoms with E-state index in [9.17, 15) is 4.79 Å². The number of hydrogen-bond acceptors (Lipinski definition) is 6. The fourth-order valence-corrected chi connectivity index (χ4v) is 2.24. The summed E-state index contributed by atoms with van der Waals surface area (Å²) in [5.41, 5.74) is 7.27. The lowest BCUT2D eigenvalue weighted by Gasteiger charge is -2.16. The van der Waals surface area contributed by atoms with E-state index in [2.05, 4.69) is 25.8 Å². The predicted octanol–water partition coefficient (Wildman–Crippen LogP) is 1.55. The van der Waals surface area contributed by atoms with Crippen molar-refractivity contribution in [2.75, 3.05) is 19.5 Å². The fourth-order valence-electron chi connectivity index (χ4n) is 2.09. The van der Waals surface area contributed by atoms with E-state index in [0.29, 0.717) is 22.7 Å². The Hall–Kier alpha value is -3.20. The first-order chi connectivity index (χ1) is 12.0. The number of carbonyl (C=O) groups excluding carboxylic acids is 1. The van der Waals surface area contributed by atoms with Crippen molar-refractivity contribution in [3.05, 3.63) is 40.7 Å². The number of amides is 1. The minimum absolute atomic E-state index is 0.0699. The topological polar surface area (TPSA) is 138 Å². The molecule has 25 heavy (non-hydrogen) atoms. The summed E-state index contributed by atoms with van der Waals surface area (Å²) in [4.78, 5) is 15.7. The van der Waals surface area contributed by atoms with Crippen LogP contribution in [0.3, 0.4) is 0 Å². The number of anilines is 2. The number of aliphatic imine (C=N–C) groups is 1. The van der Waals surface area contributed by atoms with Crippen molar-refractivity contribution in [3.8, 4) is 5.75 Å². The van der Waals surface area contributed by atoms with Crippen LogP contribution in [0.4, 0.5) is 11.4 Å². The summed E-state index contributed by atoms with van der Waals surface area (Å²) >= 11 is 5.89. The van der Waals surface area contributed by atoms with E-state index < -0.39 is 5.91 Å². The number of nitrogens with zero attached hydrogens (tertiary/aromatic N) is 3. The molecule has 10 heteroatoms. The van der Waals surface area contributed by atoms with Crippen LogP contribution >= 0.6 is 11.6 Å². The Kier molecular flexibility index (Phi) is 5.85. The number of methoxy groups -OCH3 is 1. The second-order valence-corrected chi connectivity index (χ2v) is 5.05. The Balaban J connectivity index is 2.53. The molecule has 0 fully saturated rings. The second kappa shape index (κ2) is 8.06. The van der Waals surface area contributed by atoms with Crippen LogP contribution < -0.4 is 21.1 Å². The maximum Gasteiger partial charge on any atom is 0.273 e. The number of nitrogens with one attached hydrogen (secondary N) is 3. The Morgan fingerprint density at radius 1 is 1.40 bits per heavy atom. The van der Waals surface area contributed by atoms with Crippen molar-refractivity contribution in [2.24, 2.45) is 10.7 Å². The number of para-hydroxylation sites is 1. The van der Waals surface area contributed by atoms with Crippen molar-refractivity contribution >= 4 is 41.1 Å².